The number of hydrogen-bond donors (Lipinski definition) is 5. The number of carbonyl (C=O) groups is 4. The first-order valence-electron chi connectivity index (χ1n) is 11.5. The second-order valence-electron chi connectivity index (χ2n) is 8.45. The molecule has 1 fully saturated rings. The van der Waals surface area contributed by atoms with Crippen LogP contribution in [0.1, 0.15) is 5.69 Å². The van der Waals surface area contributed by atoms with Crippen LogP contribution in [0.2, 0.25) is 0 Å². The molecule has 0 bridgehead atoms. The maximum absolute atomic E-state index is 13.1. The van der Waals surface area contributed by atoms with Crippen LogP contribution in [-0.4, -0.2) is 80.2 Å². The largest absolute Gasteiger partial charge is 0.477 e. The Kier molecular flexibility index (Phi) is 7.66. The first-order valence-corrected chi connectivity index (χ1v) is 14.3. The van der Waals surface area contributed by atoms with E-state index >= 15 is 0 Å². The lowest BCUT2D eigenvalue weighted by molar-refractivity contribution is -0.687. The van der Waals surface area contributed by atoms with Crippen molar-refractivity contribution in [2.45, 2.75) is 18.0 Å². The predicted molar refractivity (Wildman–Crippen MR) is 147 cm³/mol. The molecule has 0 saturated carbocycles. The monoisotopic (exact) mass is 604 g/mol. The molecule has 15 nitrogen and oxygen atoms in total. The second kappa shape index (κ2) is 11.2. The minimum Gasteiger partial charge on any atom is -0.477 e. The Morgan fingerprint density at radius 1 is 1.35 bits per heavy atom. The maximum Gasteiger partial charge on any atom is 0.352 e. The van der Waals surface area contributed by atoms with Gasteiger partial charge in [0.15, 0.2) is 34.9 Å². The number of aromatic nitrogens is 3. The van der Waals surface area contributed by atoms with Gasteiger partial charge in [0.25, 0.3) is 11.8 Å². The van der Waals surface area contributed by atoms with Crippen LogP contribution in [0.15, 0.2) is 40.3 Å². The fourth-order valence-electron chi connectivity index (χ4n) is 4.17. The highest BCUT2D eigenvalue weighted by Crippen LogP contribution is 2.40. The zero-order chi connectivity index (χ0) is 28.6. The molecule has 0 aliphatic carbocycles. The summed E-state index contributed by atoms with van der Waals surface area (Å²) in [6.45, 7) is 0.0271. The van der Waals surface area contributed by atoms with E-state index in [4.69, 9.17) is 16.3 Å². The molecule has 2 atom stereocenters. The van der Waals surface area contributed by atoms with Crippen LogP contribution in [0, 0.1) is 0 Å². The fourth-order valence-corrected chi connectivity index (χ4v) is 6.90. The van der Waals surface area contributed by atoms with E-state index in [1.165, 1.54) is 40.5 Å². The first kappa shape index (κ1) is 27.4. The molecule has 1 unspecified atom stereocenters. The Balaban J connectivity index is 1.33. The van der Waals surface area contributed by atoms with Crippen LogP contribution in [0.3, 0.4) is 0 Å². The number of oxime groups is 1. The summed E-state index contributed by atoms with van der Waals surface area (Å²) < 4.78 is 2.58. The number of anilines is 2. The SMILES string of the molecule is CO/N=C(/C(=O)NC1C(=O)N2C(C(=O)O)=C(C[n+]3ccc4sc(NC(=O)CN)nc4c3)CS[C@H]12)c1csc(N)n1. The lowest BCUT2D eigenvalue weighted by Crippen LogP contribution is -2.71. The molecule has 3 aromatic heterocycles. The molecule has 5 rings (SSSR count). The Hall–Kier alpha value is -4.13. The summed E-state index contributed by atoms with van der Waals surface area (Å²) in [7, 11) is 1.27. The number of nitrogen functional groups attached to an aromatic ring is 1. The molecule has 5 heterocycles. The molecule has 7 N–H and O–H groups in total. The number of fused-ring (bicyclic) bond motifs is 2. The van der Waals surface area contributed by atoms with Gasteiger partial charge in [0, 0.05) is 22.8 Å². The van der Waals surface area contributed by atoms with Crippen LogP contribution < -0.4 is 26.7 Å². The highest BCUT2D eigenvalue weighted by Gasteiger charge is 2.54. The number of pyridine rings is 1. The number of carboxylic acid groups (broad SMARTS) is 1. The molecule has 18 heteroatoms. The van der Waals surface area contributed by atoms with E-state index in [1.807, 2.05) is 0 Å². The third kappa shape index (κ3) is 5.20. The highest BCUT2D eigenvalue weighted by atomic mass is 32.2. The number of β-lactam (4-membered cyclic amide) rings is 1. The van der Waals surface area contributed by atoms with Gasteiger partial charge < -0.3 is 32.0 Å². The first-order chi connectivity index (χ1) is 19.2. The third-order valence-corrected chi connectivity index (χ3v) is 8.86. The van der Waals surface area contributed by atoms with Gasteiger partial charge in [-0.05, 0) is 0 Å². The normalized spacial score (nSPS) is 18.8. The maximum atomic E-state index is 13.1. The third-order valence-electron chi connectivity index (χ3n) is 5.89. The summed E-state index contributed by atoms with van der Waals surface area (Å²) in [4.78, 5) is 64.2. The van der Waals surface area contributed by atoms with Crippen molar-refractivity contribution in [1.82, 2.24) is 20.2 Å². The summed E-state index contributed by atoms with van der Waals surface area (Å²) >= 11 is 3.74. The number of carbonyl (C=O) groups excluding carboxylic acids is 3. The van der Waals surface area contributed by atoms with E-state index in [-0.39, 0.29) is 41.2 Å². The quantitative estimate of drug-likeness (QED) is 0.0890. The van der Waals surface area contributed by atoms with E-state index < -0.39 is 29.2 Å². The number of aliphatic carboxylic acids is 1. The van der Waals surface area contributed by atoms with E-state index in [0.29, 0.717) is 22.0 Å². The smallest absolute Gasteiger partial charge is 0.352 e. The predicted octanol–water partition coefficient (Wildman–Crippen LogP) is -0.691. The number of nitrogens with two attached hydrogens (primary N) is 2. The topological polar surface area (TPSA) is 219 Å². The number of nitrogens with one attached hydrogen (secondary N) is 2. The number of nitrogens with zero attached hydrogens (tertiary/aromatic N) is 5. The van der Waals surface area contributed by atoms with Gasteiger partial charge in [0.05, 0.1) is 11.2 Å². The standard InChI is InChI=1S/C22H21N9O6S3/c1-37-29-14(11-8-39-21(24)25-11)17(33)28-15-18(34)31-16(20(35)36)9(7-38-19(15)31)5-30-3-2-12-10(6-30)26-22(40-12)27-13(32)4-23/h2-3,6,8,15,19H,4-5,7,23H2,1H3,(H4-,24,25,26,27,28,32,33,35,36)/p+1/b29-14+/t15?,19-/m1/s1. The Morgan fingerprint density at radius 3 is 2.83 bits per heavy atom. The molecule has 3 aromatic rings. The van der Waals surface area contributed by atoms with Crippen molar-refractivity contribution in [3.8, 4) is 0 Å². The lowest BCUT2D eigenvalue weighted by Gasteiger charge is -2.49. The number of thioether (sulfide) groups is 1. The van der Waals surface area contributed by atoms with Crippen LogP contribution in [0.4, 0.5) is 10.3 Å². The van der Waals surface area contributed by atoms with E-state index in [2.05, 4.69) is 25.8 Å². The minimum atomic E-state index is -1.25. The lowest BCUT2D eigenvalue weighted by atomic mass is 10.0. The van der Waals surface area contributed by atoms with Gasteiger partial charge in [-0.25, -0.2) is 14.8 Å². The molecule has 40 heavy (non-hydrogen) atoms. The van der Waals surface area contributed by atoms with Gasteiger partial charge >= 0.3 is 5.97 Å². The van der Waals surface area contributed by atoms with E-state index in [0.717, 1.165) is 16.0 Å². The summed E-state index contributed by atoms with van der Waals surface area (Å²) in [5.74, 6) is -2.56. The van der Waals surface area contributed by atoms with Crippen molar-refractivity contribution in [2.24, 2.45) is 10.9 Å². The molecule has 2 aliphatic heterocycles. The summed E-state index contributed by atoms with van der Waals surface area (Å²) in [6, 6.07) is 0.841. The van der Waals surface area contributed by atoms with Gasteiger partial charge in [-0.15, -0.1) is 23.1 Å². The molecular formula is C22H22N9O6S3+. The van der Waals surface area contributed by atoms with E-state index in [1.54, 1.807) is 23.0 Å². The van der Waals surface area contributed by atoms with Crippen molar-refractivity contribution in [2.75, 3.05) is 30.5 Å². The van der Waals surface area contributed by atoms with Crippen LogP contribution in [0.25, 0.3) is 10.2 Å². The van der Waals surface area contributed by atoms with Crippen molar-refractivity contribution in [3.63, 3.8) is 0 Å². The average Bonchev–Trinajstić information content (AvgIpc) is 3.54. The van der Waals surface area contributed by atoms with E-state index in [9.17, 15) is 24.3 Å². The summed E-state index contributed by atoms with van der Waals surface area (Å²) in [5, 5.41) is 20.5. The molecule has 208 valence electrons. The number of hydrogen-bond acceptors (Lipinski definition) is 13. The highest BCUT2D eigenvalue weighted by molar-refractivity contribution is 8.00. The number of thiazole rings is 2. The molecular weight excluding hydrogens is 583 g/mol. The van der Waals surface area contributed by atoms with Crippen LogP contribution >= 0.6 is 34.4 Å². The number of carboxylic acids is 1. The van der Waals surface area contributed by atoms with Gasteiger partial charge in [-0.2, -0.15) is 4.57 Å². The number of amides is 3. The van der Waals surface area contributed by atoms with Crippen LogP contribution in [-0.2, 0) is 30.6 Å². The second-order valence-corrected chi connectivity index (χ2v) is 11.5. The molecule has 0 radical (unpaired) electrons. The molecule has 3 amide bonds. The zero-order valence-electron chi connectivity index (χ0n) is 20.7. The Bertz CT molecular complexity index is 1600. The fraction of sp³-hybridized carbons (Fsp3) is 0.273. The molecule has 0 spiro atoms. The summed E-state index contributed by atoms with van der Waals surface area (Å²) in [6.07, 6.45) is 3.50. The van der Waals surface area contributed by atoms with Gasteiger partial charge in [-0.1, -0.05) is 16.5 Å². The van der Waals surface area contributed by atoms with Crippen molar-refractivity contribution in [3.05, 3.63) is 40.8 Å². The number of rotatable bonds is 9. The van der Waals surface area contributed by atoms with Gasteiger partial charge in [-0.3, -0.25) is 19.3 Å². The van der Waals surface area contributed by atoms with Crippen LogP contribution in [0.5, 0.6) is 0 Å². The molecule has 1 saturated heterocycles. The summed E-state index contributed by atoms with van der Waals surface area (Å²) in [5.41, 5.74) is 12.0. The van der Waals surface area contributed by atoms with Crippen molar-refractivity contribution in [1.29, 1.82) is 0 Å². The Morgan fingerprint density at radius 2 is 2.15 bits per heavy atom. The van der Waals surface area contributed by atoms with Gasteiger partial charge in [0.1, 0.15) is 35.4 Å². The van der Waals surface area contributed by atoms with Gasteiger partial charge in [0.2, 0.25) is 5.91 Å². The Labute approximate surface area is 237 Å². The minimum absolute atomic E-state index is 0.126. The average molecular weight is 605 g/mol. The molecule has 0 aromatic carbocycles. The molecule has 2 aliphatic rings. The van der Waals surface area contributed by atoms with Crippen molar-refractivity contribution < 1.29 is 33.7 Å². The zero-order valence-corrected chi connectivity index (χ0v) is 23.1. The van der Waals surface area contributed by atoms with Crippen molar-refractivity contribution >= 4 is 84.3 Å².